The van der Waals surface area contributed by atoms with Gasteiger partial charge in [-0.05, 0) is 13.8 Å². The molecule has 1 atom stereocenters. The first-order valence-corrected chi connectivity index (χ1v) is 5.22. The lowest BCUT2D eigenvalue weighted by Gasteiger charge is -2.13. The van der Waals surface area contributed by atoms with Crippen molar-refractivity contribution in [1.82, 2.24) is 5.32 Å². The van der Waals surface area contributed by atoms with Gasteiger partial charge in [-0.3, -0.25) is 9.05 Å². The van der Waals surface area contributed by atoms with Crippen LogP contribution >= 0.6 is 0 Å². The predicted molar refractivity (Wildman–Crippen MR) is 52.2 cm³/mol. The number of hydrogen-bond acceptors (Lipinski definition) is 4. The number of nitrogens with one attached hydrogen (secondary N) is 1. The first kappa shape index (κ1) is 12.1. The summed E-state index contributed by atoms with van der Waals surface area (Å²) in [5.41, 5.74) is 0. The number of rotatable bonds is 3. The summed E-state index contributed by atoms with van der Waals surface area (Å²) in [4.78, 5) is 14.9. The molecule has 0 bridgehead atoms. The van der Waals surface area contributed by atoms with E-state index in [2.05, 4.69) is 15.3 Å². The maximum absolute atomic E-state index is 11.1. The zero-order valence-corrected chi connectivity index (χ0v) is 8.97. The van der Waals surface area contributed by atoms with E-state index in [1.807, 2.05) is 0 Å². The first-order chi connectivity index (χ1) is 5.90. The van der Waals surface area contributed by atoms with Crippen molar-refractivity contribution in [2.75, 3.05) is 13.3 Å². The van der Waals surface area contributed by atoms with Gasteiger partial charge in [0.2, 0.25) is 0 Å². The van der Waals surface area contributed by atoms with Crippen LogP contribution in [0.3, 0.4) is 0 Å². The zero-order valence-electron chi connectivity index (χ0n) is 8.16. The second-order valence-electron chi connectivity index (χ2n) is 2.92. The second-order valence-corrected chi connectivity index (χ2v) is 4.88. The monoisotopic (exact) mass is 206 g/mol. The molecule has 0 unspecified atom stereocenters. The molecule has 0 aliphatic rings. The summed E-state index contributed by atoms with van der Waals surface area (Å²) in [5.74, 6) is 0. The third-order valence-electron chi connectivity index (χ3n) is 1.44. The van der Waals surface area contributed by atoms with Crippen molar-refractivity contribution in [3.63, 3.8) is 0 Å². The van der Waals surface area contributed by atoms with E-state index in [4.69, 9.17) is 0 Å². The van der Waals surface area contributed by atoms with Gasteiger partial charge in [0.05, 0.1) is 11.0 Å². The Hall–Kier alpha value is -0.910. The Morgan fingerprint density at radius 1 is 1.62 bits per heavy atom. The summed E-state index contributed by atoms with van der Waals surface area (Å²) in [6, 6.07) is 0. The minimum atomic E-state index is -1.05. The predicted octanol–water partition coefficient (Wildman–Crippen LogP) is 0.485. The molecule has 0 spiro atoms. The molecule has 0 saturated carbocycles. The molecule has 6 heteroatoms. The van der Waals surface area contributed by atoms with Crippen LogP contribution in [0.2, 0.25) is 0 Å². The SMILES string of the molecule is CNC(=O)O/N=C\C(C)(C)[S@](C)=O. The van der Waals surface area contributed by atoms with Crippen LogP contribution in [-0.4, -0.2) is 34.6 Å². The third kappa shape index (κ3) is 4.62. The molecule has 0 heterocycles. The molecule has 1 N–H and O–H groups in total. The molecule has 0 aliphatic carbocycles. The van der Waals surface area contributed by atoms with Crippen molar-refractivity contribution < 1.29 is 13.8 Å². The number of carbonyl (C=O) groups is 1. The summed E-state index contributed by atoms with van der Waals surface area (Å²) in [7, 11) is 0.378. The van der Waals surface area contributed by atoms with Crippen LogP contribution in [-0.2, 0) is 15.6 Å². The van der Waals surface area contributed by atoms with E-state index in [-0.39, 0.29) is 0 Å². The Bertz CT molecular complexity index is 238. The largest absolute Gasteiger partial charge is 0.433 e. The Morgan fingerprint density at radius 3 is 2.54 bits per heavy atom. The summed E-state index contributed by atoms with van der Waals surface area (Å²) in [6.07, 6.45) is 2.26. The number of amides is 1. The first-order valence-electron chi connectivity index (χ1n) is 3.67. The summed E-state index contributed by atoms with van der Waals surface area (Å²) in [5, 5.41) is 5.63. The van der Waals surface area contributed by atoms with E-state index in [1.54, 1.807) is 20.1 Å². The maximum Gasteiger partial charge on any atom is 0.433 e. The standard InChI is InChI=1S/C7H14N2O3S/c1-7(2,13(4)11)5-9-12-6(10)8-3/h5H,1-4H3,(H,8,10)/b9-5-/t13-/m0/s1. The fourth-order valence-electron chi connectivity index (χ4n) is 0.321. The minimum absolute atomic E-state index is 0.589. The van der Waals surface area contributed by atoms with E-state index >= 15 is 0 Å². The molecule has 0 radical (unpaired) electrons. The molecule has 0 aromatic heterocycles. The van der Waals surface area contributed by atoms with Gasteiger partial charge in [0.1, 0.15) is 0 Å². The molecule has 0 saturated heterocycles. The molecule has 13 heavy (non-hydrogen) atoms. The second kappa shape index (κ2) is 4.96. The Balaban J connectivity index is 4.12. The van der Waals surface area contributed by atoms with Crippen LogP contribution < -0.4 is 5.32 Å². The van der Waals surface area contributed by atoms with Gasteiger partial charge in [0.25, 0.3) is 0 Å². The highest BCUT2D eigenvalue weighted by atomic mass is 32.2. The summed E-state index contributed by atoms with van der Waals surface area (Å²) < 4.78 is 10.5. The van der Waals surface area contributed by atoms with Crippen LogP contribution in [0.5, 0.6) is 0 Å². The van der Waals surface area contributed by atoms with Gasteiger partial charge < -0.3 is 5.32 Å². The van der Waals surface area contributed by atoms with Crippen molar-refractivity contribution in [2.45, 2.75) is 18.6 Å². The van der Waals surface area contributed by atoms with Crippen molar-refractivity contribution in [1.29, 1.82) is 0 Å². The molecule has 0 aliphatic heterocycles. The van der Waals surface area contributed by atoms with Crippen LogP contribution in [0.1, 0.15) is 13.8 Å². The van der Waals surface area contributed by atoms with Crippen molar-refractivity contribution in [3.05, 3.63) is 0 Å². The summed E-state index contributed by atoms with van der Waals surface area (Å²) in [6.45, 7) is 3.47. The van der Waals surface area contributed by atoms with E-state index < -0.39 is 21.6 Å². The average molecular weight is 206 g/mol. The van der Waals surface area contributed by atoms with Gasteiger partial charge in [0.15, 0.2) is 0 Å². The summed E-state index contributed by atoms with van der Waals surface area (Å²) >= 11 is 0. The highest BCUT2D eigenvalue weighted by Crippen LogP contribution is 2.07. The molecule has 0 fully saturated rings. The van der Waals surface area contributed by atoms with Crippen molar-refractivity contribution >= 4 is 23.1 Å². The molecular weight excluding hydrogens is 192 g/mol. The molecule has 0 rings (SSSR count). The number of hydrogen-bond donors (Lipinski definition) is 1. The quantitative estimate of drug-likeness (QED) is 0.415. The molecule has 5 nitrogen and oxygen atoms in total. The van der Waals surface area contributed by atoms with Crippen LogP contribution in [0.15, 0.2) is 5.16 Å². The Kier molecular flexibility index (Phi) is 4.61. The Labute approximate surface area is 80.0 Å². The number of oxime groups is 1. The van der Waals surface area contributed by atoms with Crippen molar-refractivity contribution in [2.24, 2.45) is 5.16 Å². The number of nitrogens with zero attached hydrogens (tertiary/aromatic N) is 1. The lowest BCUT2D eigenvalue weighted by atomic mass is 10.2. The smallest absolute Gasteiger partial charge is 0.323 e. The van der Waals surface area contributed by atoms with E-state index in [9.17, 15) is 9.00 Å². The molecule has 0 aromatic carbocycles. The van der Waals surface area contributed by atoms with Gasteiger partial charge in [-0.1, -0.05) is 5.16 Å². The topological polar surface area (TPSA) is 67.8 Å². The van der Waals surface area contributed by atoms with Gasteiger partial charge in [-0.2, -0.15) is 0 Å². The minimum Gasteiger partial charge on any atom is -0.323 e. The molecular formula is C7H14N2O3S. The normalized spacial score (nSPS) is 14.2. The van der Waals surface area contributed by atoms with E-state index in [1.165, 1.54) is 13.3 Å². The average Bonchev–Trinajstić information content (AvgIpc) is 2.03. The molecule has 0 aromatic rings. The molecule has 1 amide bonds. The third-order valence-corrected chi connectivity index (χ3v) is 3.03. The van der Waals surface area contributed by atoms with E-state index in [0.29, 0.717) is 0 Å². The lowest BCUT2D eigenvalue weighted by Crippen LogP contribution is -2.28. The van der Waals surface area contributed by atoms with Gasteiger partial charge in [0, 0.05) is 24.1 Å². The zero-order chi connectivity index (χ0) is 10.5. The van der Waals surface area contributed by atoms with Gasteiger partial charge in [-0.25, -0.2) is 4.79 Å². The fraction of sp³-hybridized carbons (Fsp3) is 0.714. The van der Waals surface area contributed by atoms with Crippen LogP contribution in [0.25, 0.3) is 0 Å². The fourth-order valence-corrected chi connectivity index (χ4v) is 0.512. The van der Waals surface area contributed by atoms with Gasteiger partial charge >= 0.3 is 6.09 Å². The van der Waals surface area contributed by atoms with Crippen molar-refractivity contribution in [3.8, 4) is 0 Å². The maximum atomic E-state index is 11.1. The number of carbonyl (C=O) groups excluding carboxylic acids is 1. The Morgan fingerprint density at radius 2 is 2.15 bits per heavy atom. The van der Waals surface area contributed by atoms with Gasteiger partial charge in [-0.15, -0.1) is 0 Å². The highest BCUT2D eigenvalue weighted by molar-refractivity contribution is 7.86. The van der Waals surface area contributed by atoms with Crippen LogP contribution in [0.4, 0.5) is 4.79 Å². The lowest BCUT2D eigenvalue weighted by molar-refractivity contribution is 0.153. The van der Waals surface area contributed by atoms with E-state index in [0.717, 1.165) is 0 Å². The van der Waals surface area contributed by atoms with Crippen LogP contribution in [0, 0.1) is 0 Å². The molecule has 76 valence electrons. The highest BCUT2D eigenvalue weighted by Gasteiger charge is 2.20.